The third-order valence-corrected chi connectivity index (χ3v) is 12.3. The molecule has 2 unspecified atom stereocenters. The highest BCUT2D eigenvalue weighted by molar-refractivity contribution is 6.14. The third kappa shape index (κ3) is 4.47. The molecule has 0 bridgehead atoms. The van der Waals surface area contributed by atoms with Gasteiger partial charge in [0.25, 0.3) is 0 Å². The topological polar surface area (TPSA) is 4.93 Å². The molecule has 0 radical (unpaired) electrons. The highest BCUT2D eigenvalue weighted by atomic mass is 15.0. The lowest BCUT2D eigenvalue weighted by atomic mass is 9.88. The van der Waals surface area contributed by atoms with E-state index in [1.54, 1.807) is 0 Å². The molecular weight excluding hydrogens is 663 g/mol. The molecule has 9 aromatic carbocycles. The van der Waals surface area contributed by atoms with Crippen molar-refractivity contribution in [3.63, 3.8) is 0 Å². The summed E-state index contributed by atoms with van der Waals surface area (Å²) in [6.45, 7) is 0. The smallest absolute Gasteiger partial charge is 0.0544 e. The van der Waals surface area contributed by atoms with Crippen molar-refractivity contribution in [3.8, 4) is 39.1 Å². The molecule has 1 nitrogen and oxygen atoms in total. The van der Waals surface area contributed by atoms with Gasteiger partial charge in [0.1, 0.15) is 0 Å². The molecule has 1 heterocycles. The van der Waals surface area contributed by atoms with Gasteiger partial charge in [0, 0.05) is 28.0 Å². The largest absolute Gasteiger partial charge is 0.309 e. The Kier molecular flexibility index (Phi) is 6.53. The van der Waals surface area contributed by atoms with E-state index in [0.717, 1.165) is 0 Å². The van der Waals surface area contributed by atoms with Crippen LogP contribution < -0.4 is 0 Å². The summed E-state index contributed by atoms with van der Waals surface area (Å²) in [4.78, 5) is 0. The zero-order valence-corrected chi connectivity index (χ0v) is 30.2. The highest BCUT2D eigenvalue weighted by Crippen LogP contribution is 2.52. The van der Waals surface area contributed by atoms with E-state index in [4.69, 9.17) is 0 Å². The molecule has 10 aromatic rings. The first-order valence-electron chi connectivity index (χ1n) is 19.3. The SMILES string of the molecule is c1ccc(C2c3ccccc3-c3cc(-c4ccc5c(c4)c4cc6c(cc4n5-c4cccc5ccccc45)C(c4ccccc4)c4ccccc4-6)ccc32)cc1. The van der Waals surface area contributed by atoms with E-state index >= 15 is 0 Å². The Morgan fingerprint density at radius 3 is 1.60 bits per heavy atom. The van der Waals surface area contributed by atoms with Crippen LogP contribution in [0.5, 0.6) is 0 Å². The Morgan fingerprint density at radius 1 is 0.309 bits per heavy atom. The minimum atomic E-state index is 0.181. The molecule has 256 valence electrons. The molecule has 0 aliphatic heterocycles. The second-order valence-electron chi connectivity index (χ2n) is 15.2. The molecule has 0 fully saturated rings. The normalized spacial score (nSPS) is 15.3. The van der Waals surface area contributed by atoms with Gasteiger partial charge in [-0.25, -0.2) is 0 Å². The van der Waals surface area contributed by atoms with Crippen molar-refractivity contribution in [3.05, 3.63) is 234 Å². The maximum Gasteiger partial charge on any atom is 0.0544 e. The van der Waals surface area contributed by atoms with Gasteiger partial charge in [0.2, 0.25) is 0 Å². The van der Waals surface area contributed by atoms with E-state index < -0.39 is 0 Å². The van der Waals surface area contributed by atoms with Crippen molar-refractivity contribution < 1.29 is 0 Å². The maximum absolute atomic E-state index is 2.52. The van der Waals surface area contributed by atoms with E-state index in [-0.39, 0.29) is 11.8 Å². The van der Waals surface area contributed by atoms with Crippen LogP contribution in [0.25, 0.3) is 71.6 Å². The average Bonchev–Trinajstić information content (AvgIpc) is 3.88. The zero-order chi connectivity index (χ0) is 36.0. The summed E-state index contributed by atoms with van der Waals surface area (Å²) in [6.07, 6.45) is 0. The van der Waals surface area contributed by atoms with Crippen LogP contribution in [0.15, 0.2) is 200 Å². The first-order chi connectivity index (χ1) is 27.3. The average molecular weight is 698 g/mol. The molecule has 2 atom stereocenters. The standard InChI is InChI=1S/C54H35N/c1-3-15-35(16-4-1)53-42-23-11-9-21-40(42)45-30-37(26-28-44(45)53)38-27-29-51-47(31-38)48-32-46-41-22-10-12-24-43(41)54(36-17-5-2-6-18-36)49(46)33-52(48)55(51)50-25-13-19-34-14-7-8-20-39(34)50/h1-33,53-54H. The van der Waals surface area contributed by atoms with Gasteiger partial charge in [-0.05, 0) is 109 Å². The van der Waals surface area contributed by atoms with Gasteiger partial charge in [-0.1, -0.05) is 164 Å². The van der Waals surface area contributed by atoms with Crippen LogP contribution >= 0.6 is 0 Å². The molecule has 0 N–H and O–H groups in total. The van der Waals surface area contributed by atoms with Gasteiger partial charge in [0.15, 0.2) is 0 Å². The summed E-state index contributed by atoms with van der Waals surface area (Å²) in [7, 11) is 0. The summed E-state index contributed by atoms with van der Waals surface area (Å²) in [5, 5.41) is 5.05. The highest BCUT2D eigenvalue weighted by Gasteiger charge is 2.32. The predicted octanol–water partition coefficient (Wildman–Crippen LogP) is 13.9. The van der Waals surface area contributed by atoms with Crippen molar-refractivity contribution in [1.82, 2.24) is 4.57 Å². The Hall–Kier alpha value is -6.96. The summed E-state index contributed by atoms with van der Waals surface area (Å²) >= 11 is 0. The molecule has 0 spiro atoms. The Balaban J connectivity index is 1.11. The van der Waals surface area contributed by atoms with E-state index in [9.17, 15) is 0 Å². The van der Waals surface area contributed by atoms with Crippen LogP contribution in [0.2, 0.25) is 0 Å². The van der Waals surface area contributed by atoms with Crippen molar-refractivity contribution in [1.29, 1.82) is 0 Å². The fourth-order valence-electron chi connectivity index (χ4n) is 9.95. The summed E-state index contributed by atoms with van der Waals surface area (Å²) in [5.41, 5.74) is 19.7. The minimum Gasteiger partial charge on any atom is -0.309 e. The molecular formula is C54H35N. The monoisotopic (exact) mass is 697 g/mol. The van der Waals surface area contributed by atoms with E-state index in [1.807, 2.05) is 0 Å². The van der Waals surface area contributed by atoms with Gasteiger partial charge in [-0.3, -0.25) is 0 Å². The summed E-state index contributed by atoms with van der Waals surface area (Å²) < 4.78 is 2.52. The fraction of sp³-hybridized carbons (Fsp3) is 0.0370. The van der Waals surface area contributed by atoms with Crippen molar-refractivity contribution >= 4 is 32.6 Å². The zero-order valence-electron chi connectivity index (χ0n) is 30.2. The lowest BCUT2D eigenvalue weighted by Crippen LogP contribution is -2.00. The summed E-state index contributed by atoms with van der Waals surface area (Å²) in [5.74, 6) is 0.424. The molecule has 1 aromatic heterocycles. The van der Waals surface area contributed by atoms with Gasteiger partial charge in [-0.2, -0.15) is 0 Å². The van der Waals surface area contributed by atoms with Gasteiger partial charge >= 0.3 is 0 Å². The number of aromatic nitrogens is 1. The quantitative estimate of drug-likeness (QED) is 0.173. The number of nitrogens with zero attached hydrogens (tertiary/aromatic N) is 1. The van der Waals surface area contributed by atoms with Crippen LogP contribution in [0.1, 0.15) is 45.2 Å². The second-order valence-corrected chi connectivity index (χ2v) is 15.2. The predicted molar refractivity (Wildman–Crippen MR) is 229 cm³/mol. The first kappa shape index (κ1) is 30.5. The van der Waals surface area contributed by atoms with E-state index in [0.29, 0.717) is 0 Å². The Bertz CT molecular complexity index is 3140. The van der Waals surface area contributed by atoms with Crippen LogP contribution in [0.4, 0.5) is 0 Å². The van der Waals surface area contributed by atoms with E-state index in [2.05, 4.69) is 205 Å². The molecule has 12 rings (SSSR count). The summed E-state index contributed by atoms with van der Waals surface area (Å²) in [6, 6.07) is 74.7. The van der Waals surface area contributed by atoms with Crippen LogP contribution in [0.3, 0.4) is 0 Å². The Labute approximate surface area is 320 Å². The fourth-order valence-corrected chi connectivity index (χ4v) is 9.95. The van der Waals surface area contributed by atoms with Gasteiger partial charge in [-0.15, -0.1) is 0 Å². The van der Waals surface area contributed by atoms with Crippen LogP contribution in [0, 0.1) is 0 Å². The van der Waals surface area contributed by atoms with Crippen molar-refractivity contribution in [2.45, 2.75) is 11.8 Å². The lowest BCUT2D eigenvalue weighted by molar-refractivity contribution is 1.01. The lowest BCUT2D eigenvalue weighted by Gasteiger charge is -2.16. The molecule has 0 saturated carbocycles. The number of hydrogen-bond donors (Lipinski definition) is 0. The number of rotatable bonds is 4. The molecule has 0 saturated heterocycles. The van der Waals surface area contributed by atoms with Crippen LogP contribution in [-0.4, -0.2) is 4.57 Å². The number of hydrogen-bond acceptors (Lipinski definition) is 0. The van der Waals surface area contributed by atoms with Gasteiger partial charge < -0.3 is 4.57 Å². The molecule has 55 heavy (non-hydrogen) atoms. The minimum absolute atomic E-state index is 0.181. The number of benzene rings is 9. The molecule has 1 heteroatoms. The first-order valence-corrected chi connectivity index (χ1v) is 19.3. The second kappa shape index (κ2) is 11.8. The van der Waals surface area contributed by atoms with Crippen molar-refractivity contribution in [2.75, 3.05) is 0 Å². The maximum atomic E-state index is 2.52. The molecule has 2 aliphatic carbocycles. The number of fused-ring (bicyclic) bond motifs is 10. The third-order valence-electron chi connectivity index (χ3n) is 12.3. The van der Waals surface area contributed by atoms with Crippen LogP contribution in [-0.2, 0) is 0 Å². The molecule has 0 amide bonds. The van der Waals surface area contributed by atoms with Gasteiger partial charge in [0.05, 0.1) is 16.7 Å². The van der Waals surface area contributed by atoms with E-state index in [1.165, 1.54) is 105 Å². The Morgan fingerprint density at radius 2 is 0.855 bits per heavy atom. The van der Waals surface area contributed by atoms with Crippen molar-refractivity contribution in [2.24, 2.45) is 0 Å². The molecule has 2 aliphatic rings.